The van der Waals surface area contributed by atoms with Gasteiger partial charge in [0.15, 0.2) is 0 Å². The maximum atomic E-state index is 11.9. The van der Waals surface area contributed by atoms with Gasteiger partial charge < -0.3 is 20.1 Å². The molecule has 0 saturated heterocycles. The molecule has 0 aliphatic heterocycles. The van der Waals surface area contributed by atoms with Crippen LogP contribution in [0.15, 0.2) is 17.2 Å². The fraction of sp³-hybridized carbons (Fsp3) is 0.500. The predicted molar refractivity (Wildman–Crippen MR) is 67.1 cm³/mol. The van der Waals surface area contributed by atoms with Gasteiger partial charge in [-0.05, 0) is 6.07 Å². The maximum Gasteiger partial charge on any atom is 0.267 e. The molecule has 4 N–H and O–H groups in total. The highest BCUT2D eigenvalue weighted by molar-refractivity contribution is 7.89. The third kappa shape index (κ3) is 3.77. The van der Waals surface area contributed by atoms with E-state index in [0.717, 1.165) is 0 Å². The van der Waals surface area contributed by atoms with E-state index in [1.807, 2.05) is 0 Å². The Morgan fingerprint density at radius 3 is 2.68 bits per heavy atom. The Balaban J connectivity index is 2.93. The van der Waals surface area contributed by atoms with Gasteiger partial charge >= 0.3 is 0 Å². The van der Waals surface area contributed by atoms with E-state index in [1.54, 1.807) is 7.05 Å². The summed E-state index contributed by atoms with van der Waals surface area (Å²) in [4.78, 5) is 11.4. The molecule has 0 aliphatic carbocycles. The zero-order chi connectivity index (χ0) is 14.6. The van der Waals surface area contributed by atoms with E-state index < -0.39 is 28.6 Å². The second-order valence-electron chi connectivity index (χ2n) is 3.94. The minimum Gasteiger partial charge on any atom is -0.394 e. The topological polar surface area (TPSA) is 121 Å². The van der Waals surface area contributed by atoms with Crippen molar-refractivity contribution in [3.05, 3.63) is 18.0 Å². The van der Waals surface area contributed by atoms with Crippen LogP contribution < -0.4 is 10.0 Å². The summed E-state index contributed by atoms with van der Waals surface area (Å²) in [7, 11) is -0.839. The number of hydrogen-bond acceptors (Lipinski definition) is 5. The van der Waals surface area contributed by atoms with Gasteiger partial charge in [0.25, 0.3) is 5.91 Å². The van der Waals surface area contributed by atoms with E-state index in [-0.39, 0.29) is 17.1 Å². The number of aliphatic hydroxyl groups excluding tert-OH is 2. The van der Waals surface area contributed by atoms with Crippen LogP contribution in [0.3, 0.4) is 0 Å². The van der Waals surface area contributed by atoms with Crippen molar-refractivity contribution in [3.8, 4) is 0 Å². The number of rotatable bonds is 6. The van der Waals surface area contributed by atoms with Crippen molar-refractivity contribution in [2.75, 3.05) is 20.2 Å². The summed E-state index contributed by atoms with van der Waals surface area (Å²) in [6.45, 7) is -0.843. The van der Waals surface area contributed by atoms with E-state index in [0.29, 0.717) is 0 Å². The second kappa shape index (κ2) is 6.15. The second-order valence-corrected chi connectivity index (χ2v) is 5.71. The van der Waals surface area contributed by atoms with Gasteiger partial charge in [0.05, 0.1) is 12.7 Å². The van der Waals surface area contributed by atoms with Gasteiger partial charge in [0.1, 0.15) is 10.6 Å². The molecule has 0 bridgehead atoms. The highest BCUT2D eigenvalue weighted by Gasteiger charge is 2.20. The van der Waals surface area contributed by atoms with Gasteiger partial charge in [-0.1, -0.05) is 0 Å². The lowest BCUT2D eigenvalue weighted by atomic mass is 10.4. The van der Waals surface area contributed by atoms with Gasteiger partial charge in [0, 0.05) is 26.8 Å². The molecule has 1 heterocycles. The fourth-order valence-corrected chi connectivity index (χ4v) is 2.53. The lowest BCUT2D eigenvalue weighted by Gasteiger charge is -2.08. The number of aromatic nitrogens is 1. The van der Waals surface area contributed by atoms with Crippen LogP contribution in [0.2, 0.25) is 0 Å². The van der Waals surface area contributed by atoms with Crippen molar-refractivity contribution in [3.63, 3.8) is 0 Å². The van der Waals surface area contributed by atoms with E-state index in [1.165, 1.54) is 23.9 Å². The zero-order valence-corrected chi connectivity index (χ0v) is 11.4. The number of aliphatic hydroxyl groups is 2. The number of amides is 1. The lowest BCUT2D eigenvalue weighted by molar-refractivity contribution is 0.0955. The first-order valence-corrected chi connectivity index (χ1v) is 6.97. The van der Waals surface area contributed by atoms with Crippen LogP contribution in [0.25, 0.3) is 0 Å². The Hall–Kier alpha value is -1.42. The summed E-state index contributed by atoms with van der Waals surface area (Å²) in [5.41, 5.74) is 0.200. The van der Waals surface area contributed by atoms with Gasteiger partial charge in [-0.2, -0.15) is 0 Å². The molecule has 9 heteroatoms. The molecule has 1 rings (SSSR count). The van der Waals surface area contributed by atoms with E-state index >= 15 is 0 Å². The molecule has 1 atom stereocenters. The normalized spacial score (nSPS) is 13.3. The minimum absolute atomic E-state index is 0.0845. The summed E-state index contributed by atoms with van der Waals surface area (Å²) in [6.07, 6.45) is 0.120. The molecule has 0 radical (unpaired) electrons. The number of aryl methyl sites for hydroxylation is 1. The quantitative estimate of drug-likeness (QED) is 0.484. The smallest absolute Gasteiger partial charge is 0.267 e. The van der Waals surface area contributed by atoms with E-state index in [9.17, 15) is 13.2 Å². The van der Waals surface area contributed by atoms with Crippen molar-refractivity contribution in [1.82, 2.24) is 14.6 Å². The van der Waals surface area contributed by atoms with Crippen LogP contribution in [-0.4, -0.2) is 55.4 Å². The fourth-order valence-electron chi connectivity index (χ4n) is 1.39. The maximum absolute atomic E-state index is 11.9. The summed E-state index contributed by atoms with van der Waals surface area (Å²) in [5, 5.41) is 20.1. The minimum atomic E-state index is -3.83. The molecule has 0 aliphatic rings. The molecule has 19 heavy (non-hydrogen) atoms. The van der Waals surface area contributed by atoms with Crippen LogP contribution in [0.1, 0.15) is 10.5 Å². The standard InChI is InChI=1S/C10H17N3O5S/c1-11-10(16)9-3-8(5-13(9)2)19(17,18)12-4-7(15)6-14/h3,5,7,12,14-15H,4,6H2,1-2H3,(H,11,16). The summed E-state index contributed by atoms with van der Waals surface area (Å²) < 4.78 is 27.3. The molecule has 1 aromatic heterocycles. The third-order valence-electron chi connectivity index (χ3n) is 2.47. The number of carbonyl (C=O) groups is 1. The lowest BCUT2D eigenvalue weighted by Crippen LogP contribution is -2.33. The average Bonchev–Trinajstić information content (AvgIpc) is 2.78. The van der Waals surface area contributed by atoms with Crippen molar-refractivity contribution < 1.29 is 23.4 Å². The zero-order valence-electron chi connectivity index (χ0n) is 10.6. The highest BCUT2D eigenvalue weighted by atomic mass is 32.2. The largest absolute Gasteiger partial charge is 0.394 e. The monoisotopic (exact) mass is 291 g/mol. The van der Waals surface area contributed by atoms with Crippen LogP contribution in [0, 0.1) is 0 Å². The molecule has 0 spiro atoms. The Morgan fingerprint density at radius 2 is 2.16 bits per heavy atom. The molecular weight excluding hydrogens is 274 g/mol. The van der Waals surface area contributed by atoms with Gasteiger partial charge in [-0.3, -0.25) is 4.79 Å². The highest BCUT2D eigenvalue weighted by Crippen LogP contribution is 2.13. The van der Waals surface area contributed by atoms with Crippen molar-refractivity contribution in [1.29, 1.82) is 0 Å². The molecular formula is C10H17N3O5S. The van der Waals surface area contributed by atoms with Crippen LogP contribution in [0.4, 0.5) is 0 Å². The molecule has 1 aromatic rings. The predicted octanol–water partition coefficient (Wildman–Crippen LogP) is -1.98. The Morgan fingerprint density at radius 1 is 1.53 bits per heavy atom. The molecule has 0 saturated carbocycles. The number of sulfonamides is 1. The van der Waals surface area contributed by atoms with Gasteiger partial charge in [-0.25, -0.2) is 13.1 Å². The van der Waals surface area contributed by atoms with Gasteiger partial charge in [-0.15, -0.1) is 0 Å². The number of carbonyl (C=O) groups excluding carboxylic acids is 1. The van der Waals surface area contributed by atoms with Crippen LogP contribution >= 0.6 is 0 Å². The molecule has 1 amide bonds. The molecule has 0 fully saturated rings. The number of hydrogen-bond donors (Lipinski definition) is 4. The van der Waals surface area contributed by atoms with Gasteiger partial charge in [0.2, 0.25) is 10.0 Å². The SMILES string of the molecule is CNC(=O)c1cc(S(=O)(=O)NCC(O)CO)cn1C. The summed E-state index contributed by atoms with van der Waals surface area (Å²) >= 11 is 0. The van der Waals surface area contributed by atoms with E-state index in [2.05, 4.69) is 10.0 Å². The summed E-state index contributed by atoms with van der Waals surface area (Å²) in [6, 6.07) is 1.23. The van der Waals surface area contributed by atoms with Crippen molar-refractivity contribution in [2.24, 2.45) is 7.05 Å². The Kier molecular flexibility index (Phi) is 5.06. The van der Waals surface area contributed by atoms with Crippen molar-refractivity contribution in [2.45, 2.75) is 11.0 Å². The van der Waals surface area contributed by atoms with E-state index in [4.69, 9.17) is 10.2 Å². The first-order chi connectivity index (χ1) is 8.81. The molecule has 8 nitrogen and oxygen atoms in total. The molecule has 0 aromatic carbocycles. The molecule has 108 valence electrons. The third-order valence-corrected chi connectivity index (χ3v) is 3.86. The molecule has 1 unspecified atom stereocenters. The number of nitrogens with one attached hydrogen (secondary N) is 2. The first kappa shape index (κ1) is 15.6. The van der Waals surface area contributed by atoms with Crippen LogP contribution in [0.5, 0.6) is 0 Å². The van der Waals surface area contributed by atoms with Crippen molar-refractivity contribution >= 4 is 15.9 Å². The Bertz CT molecular complexity index is 552. The summed E-state index contributed by atoms with van der Waals surface area (Å²) in [5.74, 6) is -0.403. The first-order valence-electron chi connectivity index (χ1n) is 5.49. The average molecular weight is 291 g/mol. The Labute approximate surface area is 111 Å². The number of nitrogens with zero attached hydrogens (tertiary/aromatic N) is 1. The van der Waals surface area contributed by atoms with Crippen LogP contribution in [-0.2, 0) is 17.1 Å².